The van der Waals surface area contributed by atoms with Gasteiger partial charge in [-0.05, 0) is 36.4 Å². The van der Waals surface area contributed by atoms with Crippen LogP contribution >= 0.6 is 7.29 Å². The van der Waals surface area contributed by atoms with Crippen molar-refractivity contribution >= 4 is 23.6 Å². The average molecular weight is 391 g/mol. The topological polar surface area (TPSA) is 76.6 Å². The van der Waals surface area contributed by atoms with Crippen LogP contribution in [0, 0.1) is 16.7 Å². The third-order valence-electron chi connectivity index (χ3n) is 4.48. The Morgan fingerprint density at radius 2 is 1.39 bits per heavy atom. The lowest BCUT2D eigenvalue weighted by Crippen LogP contribution is -2.40. The minimum Gasteiger partial charge on any atom is -0.296 e. The number of rotatable bonds is 6. The van der Waals surface area contributed by atoms with Gasteiger partial charge in [-0.1, -0.05) is 36.4 Å². The maximum Gasteiger partial charge on any atom is 0.315 e. The van der Waals surface area contributed by atoms with E-state index in [2.05, 4.69) is 9.93 Å². The lowest BCUT2D eigenvalue weighted by Gasteiger charge is -2.27. The number of nitro benzene ring substituents is 1. The smallest absolute Gasteiger partial charge is 0.296 e. The van der Waals surface area contributed by atoms with Gasteiger partial charge in [0.1, 0.15) is 0 Å². The Hall–Kier alpha value is -3.26. The highest BCUT2D eigenvalue weighted by Crippen LogP contribution is 2.44. The minimum atomic E-state index is -3.36. The number of benzene rings is 3. The van der Waals surface area contributed by atoms with Gasteiger partial charge < -0.3 is 0 Å². The molecule has 140 valence electrons. The van der Waals surface area contributed by atoms with Crippen molar-refractivity contribution in [2.24, 2.45) is 0 Å². The molecule has 0 aliphatic heterocycles. The second-order valence-electron chi connectivity index (χ2n) is 6.38. The molecule has 28 heavy (non-hydrogen) atoms. The molecule has 7 heteroatoms. The zero-order valence-corrected chi connectivity index (χ0v) is 16.0. The zero-order valence-electron chi connectivity index (χ0n) is 15.1. The lowest BCUT2D eigenvalue weighted by molar-refractivity contribution is -0.384. The van der Waals surface area contributed by atoms with Crippen molar-refractivity contribution in [3.63, 3.8) is 0 Å². The van der Waals surface area contributed by atoms with Crippen molar-refractivity contribution in [2.45, 2.75) is 12.6 Å². The maximum absolute atomic E-state index is 14.2. The summed E-state index contributed by atoms with van der Waals surface area (Å²) in [6.45, 7) is 9.37. The molecular weight excluding hydrogens is 373 g/mol. The third-order valence-corrected chi connectivity index (χ3v) is 7.28. The van der Waals surface area contributed by atoms with Crippen molar-refractivity contribution in [3.05, 3.63) is 112 Å². The van der Waals surface area contributed by atoms with Gasteiger partial charge in [0, 0.05) is 29.7 Å². The molecule has 0 radical (unpaired) electrons. The first-order valence-electron chi connectivity index (χ1n) is 8.53. The molecule has 0 saturated heterocycles. The highest BCUT2D eigenvalue weighted by Gasteiger charge is 2.42. The predicted octanol–water partition coefficient (Wildman–Crippen LogP) is 4.21. The van der Waals surface area contributed by atoms with E-state index >= 15 is 0 Å². The van der Waals surface area contributed by atoms with Gasteiger partial charge in [0.05, 0.1) is 10.5 Å². The number of hydrogen-bond acceptors (Lipinski definition) is 3. The fourth-order valence-electron chi connectivity index (χ4n) is 2.92. The van der Waals surface area contributed by atoms with Crippen LogP contribution in [-0.4, -0.2) is 4.92 Å². The van der Waals surface area contributed by atoms with Crippen LogP contribution in [0.1, 0.15) is 12.5 Å². The summed E-state index contributed by atoms with van der Waals surface area (Å²) < 4.78 is 14.2. The third kappa shape index (κ3) is 3.72. The fraction of sp³-hybridized carbons (Fsp3) is 0.0952. The van der Waals surface area contributed by atoms with Crippen molar-refractivity contribution in [3.8, 4) is 0 Å². The van der Waals surface area contributed by atoms with Gasteiger partial charge in [0.15, 0.2) is 0 Å². The molecule has 0 saturated carbocycles. The Bertz CT molecular complexity index is 1020. The number of nitrogens with one attached hydrogen (secondary N) is 1. The van der Waals surface area contributed by atoms with E-state index in [4.69, 9.17) is 6.57 Å². The molecule has 0 fully saturated rings. The van der Waals surface area contributed by atoms with Crippen molar-refractivity contribution in [1.82, 2.24) is 5.09 Å². The van der Waals surface area contributed by atoms with Gasteiger partial charge >= 0.3 is 5.66 Å². The Kier molecular flexibility index (Phi) is 5.41. The molecule has 3 aromatic carbocycles. The van der Waals surface area contributed by atoms with E-state index in [0.29, 0.717) is 16.2 Å². The molecule has 0 amide bonds. The molecule has 0 aliphatic carbocycles. The van der Waals surface area contributed by atoms with Crippen molar-refractivity contribution in [2.75, 3.05) is 0 Å². The summed E-state index contributed by atoms with van der Waals surface area (Å²) in [4.78, 5) is 14.1. The highest BCUT2D eigenvalue weighted by molar-refractivity contribution is 7.77. The summed E-state index contributed by atoms with van der Waals surface area (Å²) in [6.07, 6.45) is 0. The first-order chi connectivity index (χ1) is 13.4. The van der Waals surface area contributed by atoms with E-state index in [1.54, 1.807) is 55.5 Å². The van der Waals surface area contributed by atoms with Gasteiger partial charge in [0.25, 0.3) is 5.69 Å². The standard InChI is InChI=1S/C21H18N3O3P/c1-21(22-2,17-13-15-18(16-14-17)24(25)26)23-28(27,19-9-5-3-6-10-19)20-11-7-4-8-12-20/h3-16H,1H3,(H,23,27)/t21-/m1/s1. The second kappa shape index (κ2) is 7.77. The van der Waals surface area contributed by atoms with E-state index in [1.807, 2.05) is 12.1 Å². The molecule has 3 aromatic rings. The Labute approximate surface area is 163 Å². The zero-order chi connectivity index (χ0) is 20.2. The van der Waals surface area contributed by atoms with Crippen LogP contribution < -0.4 is 15.7 Å². The van der Waals surface area contributed by atoms with E-state index < -0.39 is 17.9 Å². The molecule has 0 unspecified atom stereocenters. The SMILES string of the molecule is [C-]#[N+][C@](C)(NP(=O)(c1ccccc1)c1ccccc1)c1ccc([N+](=O)[O-])cc1. The van der Waals surface area contributed by atoms with Crippen LogP contribution in [0.5, 0.6) is 0 Å². The highest BCUT2D eigenvalue weighted by atomic mass is 31.2. The van der Waals surface area contributed by atoms with Crippen LogP contribution in [0.2, 0.25) is 0 Å². The van der Waals surface area contributed by atoms with Crippen LogP contribution in [0.15, 0.2) is 84.9 Å². The predicted molar refractivity (Wildman–Crippen MR) is 110 cm³/mol. The summed E-state index contributed by atoms with van der Waals surface area (Å²) in [5.74, 6) is 0. The molecule has 6 nitrogen and oxygen atoms in total. The largest absolute Gasteiger partial charge is 0.315 e. The summed E-state index contributed by atoms with van der Waals surface area (Å²) in [6, 6.07) is 23.7. The van der Waals surface area contributed by atoms with Gasteiger partial charge in [-0.25, -0.2) is 6.57 Å². The normalized spacial score (nSPS) is 13.3. The lowest BCUT2D eigenvalue weighted by atomic mass is 10.0. The second-order valence-corrected chi connectivity index (χ2v) is 8.86. The Balaban J connectivity index is 2.10. The number of hydrogen-bond donors (Lipinski definition) is 1. The molecule has 1 N–H and O–H groups in total. The van der Waals surface area contributed by atoms with E-state index in [-0.39, 0.29) is 5.69 Å². The number of nitro groups is 1. The fourth-order valence-corrected chi connectivity index (χ4v) is 5.45. The summed E-state index contributed by atoms with van der Waals surface area (Å²) in [7, 11) is -3.36. The monoisotopic (exact) mass is 391 g/mol. The van der Waals surface area contributed by atoms with Crippen LogP contribution in [0.4, 0.5) is 5.69 Å². The van der Waals surface area contributed by atoms with Crippen molar-refractivity contribution < 1.29 is 9.49 Å². The summed E-state index contributed by atoms with van der Waals surface area (Å²) in [5, 5.41) is 15.2. The van der Waals surface area contributed by atoms with Crippen molar-refractivity contribution in [1.29, 1.82) is 0 Å². The molecule has 0 aliphatic rings. The number of nitrogens with zero attached hydrogens (tertiary/aromatic N) is 2. The van der Waals surface area contributed by atoms with E-state index in [0.717, 1.165) is 0 Å². The van der Waals surface area contributed by atoms with E-state index in [9.17, 15) is 14.7 Å². The Morgan fingerprint density at radius 3 is 1.79 bits per heavy atom. The minimum absolute atomic E-state index is 0.0645. The van der Waals surface area contributed by atoms with Crippen LogP contribution in [-0.2, 0) is 10.2 Å². The molecule has 1 atom stereocenters. The first kappa shape index (κ1) is 19.5. The van der Waals surface area contributed by atoms with Gasteiger partial charge in [-0.3, -0.25) is 19.5 Å². The summed E-state index contributed by atoms with van der Waals surface area (Å²) in [5.41, 5.74) is -0.901. The molecule has 0 heterocycles. The first-order valence-corrected chi connectivity index (χ1v) is 10.2. The summed E-state index contributed by atoms with van der Waals surface area (Å²) >= 11 is 0. The molecule has 0 bridgehead atoms. The van der Waals surface area contributed by atoms with Gasteiger partial charge in [-0.15, -0.1) is 0 Å². The van der Waals surface area contributed by atoms with Gasteiger partial charge in [-0.2, -0.15) is 5.09 Å². The van der Waals surface area contributed by atoms with Crippen LogP contribution in [0.25, 0.3) is 4.85 Å². The quantitative estimate of drug-likeness (QED) is 0.296. The number of non-ortho nitro benzene ring substituents is 1. The average Bonchev–Trinajstić information content (AvgIpc) is 2.75. The molecule has 0 spiro atoms. The maximum atomic E-state index is 14.2. The Morgan fingerprint density at radius 1 is 0.929 bits per heavy atom. The van der Waals surface area contributed by atoms with E-state index in [1.165, 1.54) is 24.3 Å². The van der Waals surface area contributed by atoms with Crippen LogP contribution in [0.3, 0.4) is 0 Å². The molecular formula is C21H18N3O3P. The molecule has 3 rings (SSSR count). The van der Waals surface area contributed by atoms with Gasteiger partial charge in [0.2, 0.25) is 7.29 Å². The molecule has 0 aromatic heterocycles.